The number of carboxylic acid groups (broad SMARTS) is 1. The molecule has 1 aromatic rings. The second-order valence-electron chi connectivity index (χ2n) is 6.59. The average molecular weight is 407 g/mol. The Balaban J connectivity index is 2.12. The van der Waals surface area contributed by atoms with Crippen molar-refractivity contribution in [3.63, 3.8) is 0 Å². The minimum atomic E-state index is -2.10. The van der Waals surface area contributed by atoms with Gasteiger partial charge in [-0.15, -0.1) is 0 Å². The van der Waals surface area contributed by atoms with E-state index in [0.29, 0.717) is 5.69 Å². The molecule has 1 unspecified atom stereocenters. The number of hydrogen-bond donors (Lipinski definition) is 5. The lowest BCUT2D eigenvalue weighted by Gasteiger charge is -2.34. The van der Waals surface area contributed by atoms with E-state index >= 15 is 0 Å². The summed E-state index contributed by atoms with van der Waals surface area (Å²) in [4.78, 5) is 59.8. The molecule has 0 aliphatic carbocycles. The summed E-state index contributed by atoms with van der Waals surface area (Å²) in [6, 6.07) is 3.68. The zero-order chi connectivity index (χ0) is 22.6. The highest BCUT2D eigenvalue weighted by Crippen LogP contribution is 2.33. The summed E-state index contributed by atoms with van der Waals surface area (Å²) < 4.78 is 13.6. The first-order valence-corrected chi connectivity index (χ1v) is 8.71. The van der Waals surface area contributed by atoms with E-state index in [1.54, 1.807) is 18.2 Å². The van der Waals surface area contributed by atoms with Gasteiger partial charge in [-0.25, -0.2) is 0 Å². The molecule has 1 aliphatic heterocycles. The third kappa shape index (κ3) is 5.00. The number of carboxylic acids is 1. The minimum absolute atomic E-state index is 0.223. The van der Waals surface area contributed by atoms with Crippen molar-refractivity contribution in [1.82, 2.24) is 10.6 Å². The van der Waals surface area contributed by atoms with Gasteiger partial charge in [0.15, 0.2) is 1.41 Å². The molecule has 1 aromatic carbocycles. The minimum Gasteiger partial charge on any atom is -0.481 e. The van der Waals surface area contributed by atoms with Gasteiger partial charge in [-0.2, -0.15) is 0 Å². The molecule has 6 N–H and O–H groups in total. The smallest absolute Gasteiger partial charge is 0.303 e. The molecule has 2 rings (SSSR count). The maximum Gasteiger partial charge on any atom is 0.303 e. The van der Waals surface area contributed by atoms with Crippen LogP contribution in [0.2, 0.25) is 1.41 Å². The number of nitrogens with two attached hydrogens (primary N) is 1. The lowest BCUT2D eigenvalue weighted by atomic mass is 10.0. The number of hydrogen-bond acceptors (Lipinski definition) is 6. The molecular formula is C18H22N4O7. The number of nitrogens with one attached hydrogen (secondary N) is 3. The topological polar surface area (TPSA) is 177 Å². The van der Waals surface area contributed by atoms with Crippen molar-refractivity contribution in [2.45, 2.75) is 44.4 Å². The molecule has 0 spiro atoms. The first-order valence-electron chi connectivity index (χ1n) is 9.15. The van der Waals surface area contributed by atoms with Gasteiger partial charge in [0.2, 0.25) is 11.8 Å². The van der Waals surface area contributed by atoms with Crippen molar-refractivity contribution in [3.05, 3.63) is 24.3 Å². The number of anilines is 1. The van der Waals surface area contributed by atoms with Gasteiger partial charge in [0, 0.05) is 6.42 Å². The molecule has 0 saturated heterocycles. The highest BCUT2D eigenvalue weighted by atomic mass is 16.5. The molecule has 4 amide bonds. The fourth-order valence-electron chi connectivity index (χ4n) is 2.51. The van der Waals surface area contributed by atoms with E-state index in [-0.39, 0.29) is 17.5 Å². The number of ether oxygens (including phenoxy) is 1. The van der Waals surface area contributed by atoms with E-state index in [0.717, 1.165) is 0 Å². The van der Waals surface area contributed by atoms with Crippen LogP contribution in [0.5, 0.6) is 5.75 Å². The van der Waals surface area contributed by atoms with Crippen molar-refractivity contribution in [1.29, 1.82) is 0 Å². The summed E-state index contributed by atoms with van der Waals surface area (Å²) in [6.07, 6.45) is -0.674. The van der Waals surface area contributed by atoms with Crippen LogP contribution in [0.4, 0.5) is 5.69 Å². The lowest BCUT2D eigenvalue weighted by Crippen LogP contribution is -2.62. The summed E-state index contributed by atoms with van der Waals surface area (Å²) >= 11 is 0. The third-order valence-corrected chi connectivity index (χ3v) is 4.29. The van der Waals surface area contributed by atoms with E-state index in [1.165, 1.54) is 19.9 Å². The monoisotopic (exact) mass is 407 g/mol. The van der Waals surface area contributed by atoms with Crippen LogP contribution < -0.4 is 26.4 Å². The second-order valence-corrected chi connectivity index (χ2v) is 6.59. The van der Waals surface area contributed by atoms with Gasteiger partial charge < -0.3 is 31.5 Å². The van der Waals surface area contributed by atoms with Gasteiger partial charge in [0.1, 0.15) is 17.8 Å². The van der Waals surface area contributed by atoms with Gasteiger partial charge in [-0.1, -0.05) is 12.1 Å². The Hall–Kier alpha value is -3.63. The SMILES string of the molecule is [2H]N(C(=O)C1(C)Oc2ccccc2NC1=O)[C@@H](C)C(=O)N[C@@H](CCC(=O)O)C(N)=O. The van der Waals surface area contributed by atoms with Crippen LogP contribution in [-0.2, 0) is 24.0 Å². The van der Waals surface area contributed by atoms with E-state index < -0.39 is 53.7 Å². The quantitative estimate of drug-likeness (QED) is 0.347. The van der Waals surface area contributed by atoms with Crippen LogP contribution >= 0.6 is 0 Å². The summed E-state index contributed by atoms with van der Waals surface area (Å²) in [7, 11) is 0. The molecule has 3 atom stereocenters. The van der Waals surface area contributed by atoms with Crippen LogP contribution in [0.3, 0.4) is 0 Å². The maximum atomic E-state index is 12.8. The van der Waals surface area contributed by atoms with Gasteiger partial charge >= 0.3 is 5.97 Å². The van der Waals surface area contributed by atoms with E-state index in [9.17, 15) is 24.0 Å². The van der Waals surface area contributed by atoms with Crippen molar-refractivity contribution in [3.8, 4) is 5.75 Å². The molecule has 0 bridgehead atoms. The Morgan fingerprint density at radius 2 is 2.00 bits per heavy atom. The first kappa shape index (κ1) is 20.1. The number of rotatable bonds is 8. The Morgan fingerprint density at radius 3 is 2.62 bits per heavy atom. The second kappa shape index (κ2) is 8.59. The molecule has 1 heterocycles. The summed E-state index contributed by atoms with van der Waals surface area (Å²) in [5.74, 6) is -4.77. The zero-order valence-electron chi connectivity index (χ0n) is 16.8. The highest BCUT2D eigenvalue weighted by molar-refractivity contribution is 6.15. The molecule has 1 aliphatic rings. The summed E-state index contributed by atoms with van der Waals surface area (Å²) in [5, 5.41) is 13.7. The van der Waals surface area contributed by atoms with Crippen LogP contribution in [0.25, 0.3) is 0 Å². The standard InChI is InChI=1S/C18H22N4O7/c1-9(15(26)21-11(14(19)25)7-8-13(23)24)20-16(27)18(2)17(28)22-10-5-3-4-6-12(10)29-18/h3-6,9,11H,7-8H2,1-2H3,(H2,19,25)(H,20,27)(H,21,26)(H,22,28)(H,23,24)/t9-,11-,18?/m0/s1/i/hD. The van der Waals surface area contributed by atoms with Crippen molar-refractivity contribution in [2.24, 2.45) is 5.73 Å². The van der Waals surface area contributed by atoms with Crippen LogP contribution in [-0.4, -0.2) is 52.4 Å². The normalized spacial score (nSPS) is 20.1. The van der Waals surface area contributed by atoms with Crippen LogP contribution in [0.15, 0.2) is 24.3 Å². The average Bonchev–Trinajstić information content (AvgIpc) is 2.69. The fraction of sp³-hybridized carbons (Fsp3) is 0.389. The number of benzene rings is 1. The molecule has 0 fully saturated rings. The van der Waals surface area contributed by atoms with Crippen molar-refractivity contribution in [2.75, 3.05) is 5.32 Å². The Labute approximate surface area is 167 Å². The fourth-order valence-corrected chi connectivity index (χ4v) is 2.51. The molecule has 11 nitrogen and oxygen atoms in total. The van der Waals surface area contributed by atoms with Gasteiger partial charge in [-0.05, 0) is 32.4 Å². The van der Waals surface area contributed by atoms with Crippen molar-refractivity contribution >= 4 is 35.3 Å². The van der Waals surface area contributed by atoms with E-state index in [2.05, 4.69) is 10.6 Å². The lowest BCUT2D eigenvalue weighted by molar-refractivity contribution is -0.148. The molecule has 0 saturated carbocycles. The summed E-state index contributed by atoms with van der Waals surface area (Å²) in [6.45, 7) is 2.37. The largest absolute Gasteiger partial charge is 0.481 e. The zero-order valence-corrected chi connectivity index (χ0v) is 15.8. The number of fused-ring (bicyclic) bond motifs is 1. The van der Waals surface area contributed by atoms with Gasteiger partial charge in [0.05, 0.1) is 5.69 Å². The molecule has 11 heteroatoms. The third-order valence-electron chi connectivity index (χ3n) is 4.29. The van der Waals surface area contributed by atoms with Crippen LogP contribution in [0.1, 0.15) is 26.7 Å². The Bertz CT molecular complexity index is 893. The first-order chi connectivity index (χ1) is 14.0. The van der Waals surface area contributed by atoms with Crippen molar-refractivity contribution < 1.29 is 35.2 Å². The van der Waals surface area contributed by atoms with E-state index in [4.69, 9.17) is 17.0 Å². The highest BCUT2D eigenvalue weighted by Gasteiger charge is 2.47. The molecule has 156 valence electrons. The molecule has 0 aromatic heterocycles. The maximum absolute atomic E-state index is 12.8. The predicted octanol–water partition coefficient (Wildman–Crippen LogP) is -0.884. The van der Waals surface area contributed by atoms with Crippen LogP contribution in [0, 0.1) is 0 Å². The Morgan fingerprint density at radius 1 is 1.34 bits per heavy atom. The van der Waals surface area contributed by atoms with Gasteiger partial charge in [0.25, 0.3) is 17.4 Å². The predicted molar refractivity (Wildman–Crippen MR) is 99.7 cm³/mol. The molecular weight excluding hydrogens is 384 g/mol. The number of aliphatic carboxylic acids is 1. The van der Waals surface area contributed by atoms with E-state index in [1.807, 2.05) is 0 Å². The number of primary amides is 1. The molecule has 0 radical (unpaired) electrons. The van der Waals surface area contributed by atoms with Gasteiger partial charge in [-0.3, -0.25) is 24.0 Å². The number of para-hydroxylation sites is 2. The Kier molecular flexibility index (Phi) is 5.96. The number of carbonyl (C=O) groups is 5. The molecule has 29 heavy (non-hydrogen) atoms. The number of amides is 4. The summed E-state index contributed by atoms with van der Waals surface area (Å²) in [5.41, 5.74) is 3.42. The number of carbonyl (C=O) groups excluding carboxylic acids is 4.